The minimum atomic E-state index is -1.65. The number of aliphatic hydroxyl groups is 3. The van der Waals surface area contributed by atoms with Crippen LogP contribution < -0.4 is 14.2 Å². The van der Waals surface area contributed by atoms with E-state index in [4.69, 9.17) is 14.2 Å². The molecule has 0 aromatic heterocycles. The molecular weight excluding hydrogens is 808 g/mol. The highest BCUT2D eigenvalue weighted by atomic mass is 16.5. The molecule has 0 radical (unpaired) electrons. The van der Waals surface area contributed by atoms with Gasteiger partial charge in [0.05, 0.1) is 6.10 Å². The number of hydrogen-bond acceptors (Lipinski definition) is 16. The molecule has 0 saturated heterocycles. The van der Waals surface area contributed by atoms with Crippen molar-refractivity contribution in [2.75, 3.05) is 0 Å². The van der Waals surface area contributed by atoms with Gasteiger partial charge in [0.2, 0.25) is 0 Å². The van der Waals surface area contributed by atoms with Gasteiger partial charge < -0.3 is 80.6 Å². The van der Waals surface area contributed by atoms with Crippen LogP contribution in [0, 0.1) is 6.92 Å². The van der Waals surface area contributed by atoms with Gasteiger partial charge in [-0.25, -0.2) is 0 Å². The Labute approximate surface area is 351 Å². The molecule has 3 aliphatic rings. The zero-order chi connectivity index (χ0) is 44.0. The maximum Gasteiger partial charge on any atom is 0.166 e. The van der Waals surface area contributed by atoms with Gasteiger partial charge >= 0.3 is 0 Å². The van der Waals surface area contributed by atoms with E-state index in [1.165, 1.54) is 72.8 Å². The van der Waals surface area contributed by atoms with Gasteiger partial charge in [0.15, 0.2) is 58.2 Å². The summed E-state index contributed by atoms with van der Waals surface area (Å²) in [4.78, 5) is 0. The average Bonchev–Trinajstić information content (AvgIpc) is 3.21. The van der Waals surface area contributed by atoms with Crippen LogP contribution in [0.1, 0.15) is 80.2 Å². The number of fused-ring (bicyclic) bond motifs is 3. The van der Waals surface area contributed by atoms with E-state index < -0.39 is 94.5 Å². The van der Waals surface area contributed by atoms with E-state index in [2.05, 4.69) is 0 Å². The number of aryl methyl sites for hydroxylation is 1. The van der Waals surface area contributed by atoms with Crippen LogP contribution in [0.4, 0.5) is 0 Å². The standard InChI is InChI=1S/C46H40O16/c1-17-6-20(10-33(54)38(17)57)42-34(55)11-21-7-22(47)12-25(41(21)60-42)36-26-13-23(48)14-27(45(26)61-43(39(36)58)18-2-4-29(50)31(52)8-18)37-28-15-24(49)16-35(56)46(28)62-44(40(37)59)19-3-5-30(51)32(53)9-19/h2-10,12-16,34,36-37,39-40,42-44,47-59H,11H2,1H3. The molecule has 0 bridgehead atoms. The first kappa shape index (κ1) is 40.0. The lowest BCUT2D eigenvalue weighted by Crippen LogP contribution is -2.39. The molecule has 0 fully saturated rings. The molecule has 0 saturated carbocycles. The van der Waals surface area contributed by atoms with E-state index in [1.807, 2.05) is 0 Å². The van der Waals surface area contributed by atoms with Crippen molar-refractivity contribution in [2.24, 2.45) is 0 Å². The highest BCUT2D eigenvalue weighted by molar-refractivity contribution is 5.65. The van der Waals surface area contributed by atoms with Gasteiger partial charge in [-0.3, -0.25) is 0 Å². The molecule has 3 heterocycles. The lowest BCUT2D eigenvalue weighted by Gasteiger charge is -2.43. The molecule has 0 spiro atoms. The molecule has 16 heteroatoms. The van der Waals surface area contributed by atoms with E-state index in [0.29, 0.717) is 16.7 Å². The Kier molecular flexibility index (Phi) is 9.46. The van der Waals surface area contributed by atoms with E-state index in [9.17, 15) is 66.4 Å². The van der Waals surface area contributed by atoms with Crippen LogP contribution in [-0.2, 0) is 6.42 Å². The predicted octanol–water partition coefficient (Wildman–Crippen LogP) is 5.34. The highest BCUT2D eigenvalue weighted by Crippen LogP contribution is 2.58. The van der Waals surface area contributed by atoms with Gasteiger partial charge in [-0.2, -0.15) is 0 Å². The second-order valence-electron chi connectivity index (χ2n) is 15.9. The highest BCUT2D eigenvalue weighted by Gasteiger charge is 2.48. The zero-order valence-electron chi connectivity index (χ0n) is 32.4. The fourth-order valence-electron chi connectivity index (χ4n) is 9.02. The van der Waals surface area contributed by atoms with Crippen LogP contribution in [0.5, 0.6) is 74.7 Å². The number of benzene rings is 6. The third kappa shape index (κ3) is 6.52. The molecule has 6 aromatic carbocycles. The fraction of sp³-hybridized carbons (Fsp3) is 0.217. The number of phenols is 10. The van der Waals surface area contributed by atoms with E-state index in [-0.39, 0.29) is 68.5 Å². The fourth-order valence-corrected chi connectivity index (χ4v) is 9.02. The summed E-state index contributed by atoms with van der Waals surface area (Å²) in [7, 11) is 0. The third-order valence-electron chi connectivity index (χ3n) is 11.8. The Balaban J connectivity index is 1.27. The Morgan fingerprint density at radius 1 is 0.419 bits per heavy atom. The van der Waals surface area contributed by atoms with Crippen molar-refractivity contribution in [3.05, 3.63) is 135 Å². The van der Waals surface area contributed by atoms with Gasteiger partial charge in [0.1, 0.15) is 47.1 Å². The van der Waals surface area contributed by atoms with Crippen molar-refractivity contribution in [3.8, 4) is 74.7 Å². The lowest BCUT2D eigenvalue weighted by molar-refractivity contribution is -0.00442. The summed E-state index contributed by atoms with van der Waals surface area (Å²) in [6, 6.07) is 17.8. The molecule has 13 N–H and O–H groups in total. The number of phenolic OH excluding ortho intramolecular Hbond substituents is 10. The number of aromatic hydroxyl groups is 10. The first-order chi connectivity index (χ1) is 29.5. The minimum absolute atomic E-state index is 0.0366. The molecule has 16 nitrogen and oxygen atoms in total. The molecule has 6 aromatic rings. The Morgan fingerprint density at radius 3 is 1.40 bits per heavy atom. The molecule has 320 valence electrons. The summed E-state index contributed by atoms with van der Waals surface area (Å²) in [5.41, 5.74) is 1.54. The lowest BCUT2D eigenvalue weighted by atomic mass is 9.74. The monoisotopic (exact) mass is 848 g/mol. The van der Waals surface area contributed by atoms with Crippen LogP contribution in [0.25, 0.3) is 0 Å². The summed E-state index contributed by atoms with van der Waals surface area (Å²) in [5, 5.41) is 143. The van der Waals surface area contributed by atoms with Crippen molar-refractivity contribution in [1.29, 1.82) is 0 Å². The molecule has 8 atom stereocenters. The van der Waals surface area contributed by atoms with Crippen molar-refractivity contribution in [2.45, 2.75) is 61.8 Å². The smallest absolute Gasteiger partial charge is 0.166 e. The first-order valence-corrected chi connectivity index (χ1v) is 19.4. The van der Waals surface area contributed by atoms with Gasteiger partial charge in [-0.15, -0.1) is 0 Å². The third-order valence-corrected chi connectivity index (χ3v) is 11.8. The van der Waals surface area contributed by atoms with Crippen LogP contribution >= 0.6 is 0 Å². The van der Waals surface area contributed by atoms with Crippen LogP contribution in [0.15, 0.2) is 84.9 Å². The maximum atomic E-state index is 12.5. The van der Waals surface area contributed by atoms with Crippen LogP contribution in [0.3, 0.4) is 0 Å². The van der Waals surface area contributed by atoms with Gasteiger partial charge in [-0.1, -0.05) is 12.1 Å². The zero-order valence-corrected chi connectivity index (χ0v) is 32.4. The Hall–Kier alpha value is -7.40. The molecule has 8 unspecified atom stereocenters. The Morgan fingerprint density at radius 2 is 0.871 bits per heavy atom. The van der Waals surface area contributed by atoms with Gasteiger partial charge in [0.25, 0.3) is 0 Å². The van der Waals surface area contributed by atoms with E-state index in [0.717, 1.165) is 12.1 Å². The molecule has 0 amide bonds. The maximum absolute atomic E-state index is 12.5. The predicted molar refractivity (Wildman–Crippen MR) is 216 cm³/mol. The Bertz CT molecular complexity index is 2760. The summed E-state index contributed by atoms with van der Waals surface area (Å²) < 4.78 is 19.3. The SMILES string of the molecule is Cc1cc(C2Oc3c(cc(O)cc3C3c4cc(O)cc(C5c6cc(O)cc(O)c6OC(c6ccc(O)c(O)c6)C5O)c4OC(c4ccc(O)c(O)c4)C3O)CC2O)cc(O)c1O. The van der Waals surface area contributed by atoms with E-state index in [1.54, 1.807) is 6.92 Å². The topological polar surface area (TPSA) is 291 Å². The largest absolute Gasteiger partial charge is 0.508 e. The number of rotatable bonds is 5. The number of hydrogen-bond donors (Lipinski definition) is 13. The molecule has 9 rings (SSSR count). The summed E-state index contributed by atoms with van der Waals surface area (Å²) in [5.74, 6) is -7.19. The summed E-state index contributed by atoms with van der Waals surface area (Å²) in [6.07, 6.45) is -8.48. The van der Waals surface area contributed by atoms with Crippen LogP contribution in [-0.4, -0.2) is 84.7 Å². The van der Waals surface area contributed by atoms with Gasteiger partial charge in [0, 0.05) is 52.1 Å². The normalized spacial score (nSPS) is 23.8. The van der Waals surface area contributed by atoms with Crippen molar-refractivity contribution >= 4 is 0 Å². The van der Waals surface area contributed by atoms with Crippen molar-refractivity contribution in [3.63, 3.8) is 0 Å². The summed E-state index contributed by atoms with van der Waals surface area (Å²) in [6.45, 7) is 1.55. The second kappa shape index (κ2) is 14.7. The average molecular weight is 849 g/mol. The number of ether oxygens (including phenoxy) is 3. The molecule has 62 heavy (non-hydrogen) atoms. The number of aliphatic hydroxyl groups excluding tert-OH is 3. The van der Waals surface area contributed by atoms with E-state index >= 15 is 0 Å². The second-order valence-corrected chi connectivity index (χ2v) is 15.9. The minimum Gasteiger partial charge on any atom is -0.508 e. The van der Waals surface area contributed by atoms with Gasteiger partial charge in [-0.05, 0) is 95.9 Å². The summed E-state index contributed by atoms with van der Waals surface area (Å²) >= 11 is 0. The molecule has 0 aliphatic carbocycles. The molecule has 3 aliphatic heterocycles. The quantitative estimate of drug-likeness (QED) is 0.0975. The van der Waals surface area contributed by atoms with Crippen LogP contribution in [0.2, 0.25) is 0 Å². The van der Waals surface area contributed by atoms with Crippen molar-refractivity contribution < 1.29 is 80.6 Å². The van der Waals surface area contributed by atoms with Crippen molar-refractivity contribution in [1.82, 2.24) is 0 Å². The molecular formula is C46H40O16. The first-order valence-electron chi connectivity index (χ1n) is 19.4.